The van der Waals surface area contributed by atoms with E-state index < -0.39 is 0 Å². The minimum absolute atomic E-state index is 0.459. The first-order valence-corrected chi connectivity index (χ1v) is 6.84. The zero-order valence-corrected chi connectivity index (χ0v) is 12.4. The van der Waals surface area contributed by atoms with E-state index in [-0.39, 0.29) is 0 Å². The highest BCUT2D eigenvalue weighted by atomic mass is 16.5. The van der Waals surface area contributed by atoms with Crippen LogP contribution in [0.5, 0.6) is 11.5 Å². The summed E-state index contributed by atoms with van der Waals surface area (Å²) in [6.45, 7) is 0.459. The quantitative estimate of drug-likeness (QED) is 0.723. The molecule has 0 radical (unpaired) electrons. The Kier molecular flexibility index (Phi) is 4.00. The van der Waals surface area contributed by atoms with Gasteiger partial charge in [0.1, 0.15) is 11.5 Å². The van der Waals surface area contributed by atoms with Crippen molar-refractivity contribution in [2.24, 2.45) is 0 Å². The topological polar surface area (TPSA) is 62.1 Å². The third-order valence-electron chi connectivity index (χ3n) is 3.28. The van der Waals surface area contributed by atoms with Crippen LogP contribution >= 0.6 is 0 Å². The van der Waals surface area contributed by atoms with Crippen molar-refractivity contribution in [3.63, 3.8) is 0 Å². The fraction of sp³-hybridized carbons (Fsp3) is 0.188. The van der Waals surface area contributed by atoms with E-state index in [1.54, 1.807) is 19.0 Å². The van der Waals surface area contributed by atoms with E-state index >= 15 is 0 Å². The molecule has 0 spiro atoms. The van der Waals surface area contributed by atoms with Crippen molar-refractivity contribution < 1.29 is 9.47 Å². The van der Waals surface area contributed by atoms with Gasteiger partial charge in [-0.1, -0.05) is 30.3 Å². The van der Waals surface area contributed by atoms with Crippen LogP contribution in [0.3, 0.4) is 0 Å². The summed E-state index contributed by atoms with van der Waals surface area (Å²) in [5.41, 5.74) is 1.87. The number of rotatable bonds is 5. The molecule has 2 aromatic carbocycles. The van der Waals surface area contributed by atoms with Crippen LogP contribution in [0.2, 0.25) is 0 Å². The van der Waals surface area contributed by atoms with E-state index in [0.29, 0.717) is 12.4 Å². The van der Waals surface area contributed by atoms with Crippen molar-refractivity contribution >= 4 is 0 Å². The standard InChI is InChI=1S/C16H16N4O2/c1-21-14-8-9-15(22-2)13(10-14)11-20-18-16(17-19-20)12-6-4-3-5-7-12/h3-10H,11H2,1-2H3. The third-order valence-corrected chi connectivity index (χ3v) is 3.28. The molecular formula is C16H16N4O2. The molecule has 1 aromatic heterocycles. The van der Waals surface area contributed by atoms with Crippen LogP contribution in [-0.4, -0.2) is 34.4 Å². The van der Waals surface area contributed by atoms with Crippen molar-refractivity contribution in [3.05, 3.63) is 54.1 Å². The van der Waals surface area contributed by atoms with Crippen LogP contribution in [0.15, 0.2) is 48.5 Å². The lowest BCUT2D eigenvalue weighted by Crippen LogP contribution is -2.06. The number of benzene rings is 2. The molecule has 0 amide bonds. The highest BCUT2D eigenvalue weighted by molar-refractivity contribution is 5.53. The molecule has 112 valence electrons. The number of nitrogens with zero attached hydrogens (tertiary/aromatic N) is 4. The summed E-state index contributed by atoms with van der Waals surface area (Å²) in [7, 11) is 3.27. The first-order valence-electron chi connectivity index (χ1n) is 6.84. The van der Waals surface area contributed by atoms with Gasteiger partial charge in [-0.05, 0) is 23.4 Å². The summed E-state index contributed by atoms with van der Waals surface area (Å²) in [4.78, 5) is 1.54. The van der Waals surface area contributed by atoms with Crippen molar-refractivity contribution in [1.29, 1.82) is 0 Å². The van der Waals surface area contributed by atoms with E-state index in [0.717, 1.165) is 22.6 Å². The fourth-order valence-electron chi connectivity index (χ4n) is 2.17. The molecule has 0 aliphatic rings. The zero-order chi connectivity index (χ0) is 15.4. The van der Waals surface area contributed by atoms with Gasteiger partial charge in [-0.3, -0.25) is 0 Å². The maximum Gasteiger partial charge on any atom is 0.204 e. The maximum atomic E-state index is 5.36. The van der Waals surface area contributed by atoms with Gasteiger partial charge in [0.15, 0.2) is 0 Å². The second-order valence-electron chi connectivity index (χ2n) is 4.69. The largest absolute Gasteiger partial charge is 0.497 e. The Bertz CT molecular complexity index is 756. The molecule has 0 N–H and O–H groups in total. The summed E-state index contributed by atoms with van der Waals surface area (Å²) in [5.74, 6) is 2.13. The molecule has 3 rings (SSSR count). The molecule has 0 unspecified atom stereocenters. The number of hydrogen-bond donors (Lipinski definition) is 0. The lowest BCUT2D eigenvalue weighted by atomic mass is 10.2. The Hall–Kier alpha value is -2.89. The molecule has 6 nitrogen and oxygen atoms in total. The Morgan fingerprint density at radius 2 is 1.82 bits per heavy atom. The van der Waals surface area contributed by atoms with E-state index in [1.165, 1.54) is 0 Å². The van der Waals surface area contributed by atoms with Gasteiger partial charge in [-0.15, -0.1) is 10.2 Å². The van der Waals surface area contributed by atoms with Gasteiger partial charge in [0.25, 0.3) is 0 Å². The van der Waals surface area contributed by atoms with Crippen molar-refractivity contribution in [2.45, 2.75) is 6.54 Å². The van der Waals surface area contributed by atoms with Crippen LogP contribution < -0.4 is 9.47 Å². The molecule has 22 heavy (non-hydrogen) atoms. The molecule has 0 fully saturated rings. The molecule has 1 heterocycles. The predicted molar refractivity (Wildman–Crippen MR) is 81.9 cm³/mol. The van der Waals surface area contributed by atoms with Crippen molar-refractivity contribution in [2.75, 3.05) is 14.2 Å². The first-order chi connectivity index (χ1) is 10.8. The van der Waals surface area contributed by atoms with Gasteiger partial charge < -0.3 is 9.47 Å². The molecule has 0 atom stereocenters. The minimum atomic E-state index is 0.459. The van der Waals surface area contributed by atoms with Crippen LogP contribution in [0, 0.1) is 0 Å². The zero-order valence-electron chi connectivity index (χ0n) is 12.4. The molecule has 0 bridgehead atoms. The van der Waals surface area contributed by atoms with Crippen molar-refractivity contribution in [3.8, 4) is 22.9 Å². The summed E-state index contributed by atoms with van der Waals surface area (Å²) in [6.07, 6.45) is 0. The Morgan fingerprint density at radius 1 is 1.00 bits per heavy atom. The van der Waals surface area contributed by atoms with Crippen molar-refractivity contribution in [1.82, 2.24) is 20.2 Å². The molecular weight excluding hydrogens is 280 g/mol. The summed E-state index contributed by atoms with van der Waals surface area (Å²) < 4.78 is 10.6. The highest BCUT2D eigenvalue weighted by Gasteiger charge is 2.10. The van der Waals surface area contributed by atoms with Gasteiger partial charge in [-0.2, -0.15) is 4.80 Å². The van der Waals surface area contributed by atoms with Gasteiger partial charge in [-0.25, -0.2) is 0 Å². The lowest BCUT2D eigenvalue weighted by Gasteiger charge is -2.09. The maximum absolute atomic E-state index is 5.36. The monoisotopic (exact) mass is 296 g/mol. The minimum Gasteiger partial charge on any atom is -0.497 e. The van der Waals surface area contributed by atoms with Crippen LogP contribution in [0.1, 0.15) is 5.56 Å². The molecule has 0 saturated heterocycles. The second kappa shape index (κ2) is 6.26. The SMILES string of the molecule is COc1ccc(OC)c(Cn2nnc(-c3ccccc3)n2)c1. The first kappa shape index (κ1) is 14.1. The molecule has 0 aliphatic heterocycles. The van der Waals surface area contributed by atoms with Gasteiger partial charge in [0.05, 0.1) is 20.8 Å². The fourth-order valence-corrected chi connectivity index (χ4v) is 2.17. The van der Waals surface area contributed by atoms with Crippen LogP contribution in [-0.2, 0) is 6.54 Å². The highest BCUT2D eigenvalue weighted by Crippen LogP contribution is 2.24. The Balaban J connectivity index is 1.86. The van der Waals surface area contributed by atoms with E-state index in [1.807, 2.05) is 48.5 Å². The molecule has 3 aromatic rings. The molecule has 0 saturated carbocycles. The van der Waals surface area contributed by atoms with E-state index in [2.05, 4.69) is 15.4 Å². The summed E-state index contributed by atoms with van der Waals surface area (Å²) >= 11 is 0. The van der Waals surface area contributed by atoms with E-state index in [4.69, 9.17) is 9.47 Å². The third kappa shape index (κ3) is 2.90. The summed E-state index contributed by atoms with van der Waals surface area (Å²) in [5, 5.41) is 12.6. The Labute approximate surface area is 128 Å². The second-order valence-corrected chi connectivity index (χ2v) is 4.69. The van der Waals surface area contributed by atoms with Crippen LogP contribution in [0.4, 0.5) is 0 Å². The number of hydrogen-bond acceptors (Lipinski definition) is 5. The van der Waals surface area contributed by atoms with Gasteiger partial charge >= 0.3 is 0 Å². The van der Waals surface area contributed by atoms with Crippen LogP contribution in [0.25, 0.3) is 11.4 Å². The number of ether oxygens (including phenoxy) is 2. The smallest absolute Gasteiger partial charge is 0.204 e. The average molecular weight is 296 g/mol. The van der Waals surface area contributed by atoms with Gasteiger partial charge in [0.2, 0.25) is 5.82 Å². The average Bonchev–Trinajstić information content (AvgIpc) is 3.04. The molecule has 6 heteroatoms. The number of methoxy groups -OCH3 is 2. The number of tetrazole rings is 1. The van der Waals surface area contributed by atoms with Gasteiger partial charge in [0, 0.05) is 11.1 Å². The summed E-state index contributed by atoms with van der Waals surface area (Å²) in [6, 6.07) is 15.4. The predicted octanol–water partition coefficient (Wildman–Crippen LogP) is 2.41. The molecule has 0 aliphatic carbocycles. The normalized spacial score (nSPS) is 10.5. The Morgan fingerprint density at radius 3 is 2.55 bits per heavy atom. The number of aromatic nitrogens is 4. The lowest BCUT2D eigenvalue weighted by molar-refractivity contribution is 0.395. The van der Waals surface area contributed by atoms with E-state index in [9.17, 15) is 0 Å².